The molecule has 0 amide bonds. The molecule has 0 unspecified atom stereocenters. The number of hydrogen-bond acceptors (Lipinski definition) is 0. The summed E-state index contributed by atoms with van der Waals surface area (Å²) >= 11 is 0.208. The van der Waals surface area contributed by atoms with Crippen LogP contribution in [0.4, 0.5) is 0 Å². The molecule has 0 bridgehead atoms. The van der Waals surface area contributed by atoms with Crippen molar-refractivity contribution in [1.82, 2.24) is 0 Å². The zero-order chi connectivity index (χ0) is 7.71. The van der Waals surface area contributed by atoms with E-state index in [0.29, 0.717) is 8.49 Å². The van der Waals surface area contributed by atoms with Gasteiger partial charge in [-0.15, -0.1) is 24.8 Å². The normalized spacial score (nSPS) is 11.5. The molecule has 0 N–H and O–H groups in total. The Bertz CT molecular complexity index is 77.2. The van der Waals surface area contributed by atoms with Gasteiger partial charge in [-0.3, -0.25) is 0 Å². The first-order chi connectivity index (χ1) is 3.71. The van der Waals surface area contributed by atoms with Crippen LogP contribution in [-0.2, 0) is 0 Å². The van der Waals surface area contributed by atoms with E-state index in [2.05, 4.69) is 41.5 Å². The Morgan fingerprint density at radius 2 is 0.818 bits per heavy atom. The standard InChI is InChI=1S/C8H18Ge.2ClH/c1-7(2,3)9-8(4,5)6;;/h1-6H3;2*1H. The van der Waals surface area contributed by atoms with Crippen LogP contribution >= 0.6 is 24.8 Å². The molecule has 0 saturated heterocycles. The van der Waals surface area contributed by atoms with Crippen LogP contribution < -0.4 is 0 Å². The molecule has 0 aliphatic rings. The Labute approximate surface area is 90.2 Å². The number of rotatable bonds is 0. The molecule has 0 aromatic rings. The zero-order valence-electron chi connectivity index (χ0n) is 8.32. The summed E-state index contributed by atoms with van der Waals surface area (Å²) < 4.78 is 1.22. The van der Waals surface area contributed by atoms with Gasteiger partial charge < -0.3 is 0 Å². The van der Waals surface area contributed by atoms with Gasteiger partial charge in [0.1, 0.15) is 0 Å². The van der Waals surface area contributed by atoms with Gasteiger partial charge >= 0.3 is 65.5 Å². The van der Waals surface area contributed by atoms with Crippen LogP contribution in [0.25, 0.3) is 0 Å². The largest absolute Gasteiger partial charge is 0.147 e. The minimum atomic E-state index is 0. The quantitative estimate of drug-likeness (QED) is 0.578. The fourth-order valence-electron chi connectivity index (χ4n) is 1.12. The summed E-state index contributed by atoms with van der Waals surface area (Å²) in [6.07, 6.45) is 0. The molecule has 3 heteroatoms. The van der Waals surface area contributed by atoms with Crippen LogP contribution in [0.15, 0.2) is 0 Å². The third kappa shape index (κ3) is 18.2. The Morgan fingerprint density at radius 1 is 0.636 bits per heavy atom. The van der Waals surface area contributed by atoms with E-state index < -0.39 is 0 Å². The van der Waals surface area contributed by atoms with E-state index in [0.717, 1.165) is 0 Å². The van der Waals surface area contributed by atoms with Gasteiger partial charge in [0, 0.05) is 0 Å². The molecule has 0 aliphatic carbocycles. The molecule has 0 saturated carbocycles. The van der Waals surface area contributed by atoms with Crippen molar-refractivity contribution in [3.05, 3.63) is 0 Å². The van der Waals surface area contributed by atoms with Crippen LogP contribution in [0.2, 0.25) is 8.49 Å². The topological polar surface area (TPSA) is 0 Å². The first-order valence-electron chi connectivity index (χ1n) is 3.50. The molecular formula is C8H20Cl2Ge. The first kappa shape index (κ1) is 18.0. The molecule has 0 aromatic heterocycles. The van der Waals surface area contributed by atoms with Crippen molar-refractivity contribution in [2.75, 3.05) is 0 Å². The van der Waals surface area contributed by atoms with Gasteiger partial charge in [-0.2, -0.15) is 0 Å². The number of halogens is 2. The molecule has 0 fully saturated rings. The van der Waals surface area contributed by atoms with E-state index in [-0.39, 0.29) is 40.2 Å². The molecule has 0 aromatic carbocycles. The van der Waals surface area contributed by atoms with Gasteiger partial charge in [-0.05, 0) is 0 Å². The molecule has 0 spiro atoms. The monoisotopic (exact) mass is 260 g/mol. The maximum absolute atomic E-state index is 2.35. The second kappa shape index (κ2) is 5.71. The summed E-state index contributed by atoms with van der Waals surface area (Å²) in [4.78, 5) is 0. The predicted octanol–water partition coefficient (Wildman–Crippen LogP) is 3.97. The van der Waals surface area contributed by atoms with E-state index >= 15 is 0 Å². The van der Waals surface area contributed by atoms with Gasteiger partial charge in [0.15, 0.2) is 0 Å². The van der Waals surface area contributed by atoms with Crippen molar-refractivity contribution < 1.29 is 0 Å². The summed E-state index contributed by atoms with van der Waals surface area (Å²) in [5, 5.41) is 0. The van der Waals surface area contributed by atoms with Gasteiger partial charge in [0.05, 0.1) is 0 Å². The van der Waals surface area contributed by atoms with Gasteiger partial charge in [-0.25, -0.2) is 0 Å². The van der Waals surface area contributed by atoms with Crippen molar-refractivity contribution in [1.29, 1.82) is 0 Å². The van der Waals surface area contributed by atoms with Gasteiger partial charge in [0.25, 0.3) is 0 Å². The van der Waals surface area contributed by atoms with Crippen LogP contribution in [-0.4, -0.2) is 15.4 Å². The molecule has 0 rings (SSSR count). The average Bonchev–Trinajstić information content (AvgIpc) is 1.14. The Morgan fingerprint density at radius 3 is 0.818 bits per heavy atom. The van der Waals surface area contributed by atoms with Crippen LogP contribution in [0.5, 0.6) is 0 Å². The summed E-state index contributed by atoms with van der Waals surface area (Å²) in [6.45, 7) is 14.1. The summed E-state index contributed by atoms with van der Waals surface area (Å²) in [6, 6.07) is 0. The minimum Gasteiger partial charge on any atom is -0.147 e. The summed E-state index contributed by atoms with van der Waals surface area (Å²) in [5.74, 6) is 0. The van der Waals surface area contributed by atoms with Crippen molar-refractivity contribution >= 4 is 40.2 Å². The van der Waals surface area contributed by atoms with E-state index in [1.165, 1.54) is 0 Å². The Kier molecular flexibility index (Phi) is 9.36. The van der Waals surface area contributed by atoms with E-state index in [1.807, 2.05) is 0 Å². The molecule has 2 radical (unpaired) electrons. The third-order valence-corrected chi connectivity index (χ3v) is 3.90. The summed E-state index contributed by atoms with van der Waals surface area (Å²) in [7, 11) is 0. The zero-order valence-corrected chi connectivity index (χ0v) is 12.0. The smallest absolute Gasteiger partial charge is 0.147 e. The second-order valence-corrected chi connectivity index (χ2v) is 11.4. The van der Waals surface area contributed by atoms with Crippen molar-refractivity contribution in [3.63, 3.8) is 0 Å². The average molecular weight is 260 g/mol. The van der Waals surface area contributed by atoms with Crippen molar-refractivity contribution in [2.24, 2.45) is 0 Å². The minimum absolute atomic E-state index is 0. The van der Waals surface area contributed by atoms with E-state index in [9.17, 15) is 0 Å². The fourth-order valence-corrected chi connectivity index (χ4v) is 5.85. The molecule has 0 heterocycles. The van der Waals surface area contributed by atoms with Gasteiger partial charge in [-0.1, -0.05) is 0 Å². The SMILES string of the molecule is C[C](C)(C)[Ge][C](C)(C)C.Cl.Cl. The van der Waals surface area contributed by atoms with E-state index in [4.69, 9.17) is 0 Å². The van der Waals surface area contributed by atoms with Crippen molar-refractivity contribution in [2.45, 2.75) is 50.0 Å². The Hall–Kier alpha value is 1.12. The number of hydrogen-bond donors (Lipinski definition) is 0. The first-order valence-corrected chi connectivity index (χ1v) is 5.60. The molecule has 11 heavy (non-hydrogen) atoms. The van der Waals surface area contributed by atoms with Gasteiger partial charge in [0.2, 0.25) is 0 Å². The van der Waals surface area contributed by atoms with Crippen LogP contribution in [0, 0.1) is 0 Å². The molecule has 0 atom stereocenters. The molecule has 0 aliphatic heterocycles. The summed E-state index contributed by atoms with van der Waals surface area (Å²) in [5.41, 5.74) is 0. The van der Waals surface area contributed by atoms with E-state index in [1.54, 1.807) is 0 Å². The van der Waals surface area contributed by atoms with Crippen LogP contribution in [0.1, 0.15) is 41.5 Å². The molecule has 70 valence electrons. The van der Waals surface area contributed by atoms with Crippen molar-refractivity contribution in [3.8, 4) is 0 Å². The fraction of sp³-hybridized carbons (Fsp3) is 1.00. The Balaban J connectivity index is -0.000000320. The predicted molar refractivity (Wildman–Crippen MR) is 59.7 cm³/mol. The molecular weight excluding hydrogens is 240 g/mol. The third-order valence-electron chi connectivity index (χ3n) is 0.750. The maximum Gasteiger partial charge on any atom is -0.147 e. The maximum atomic E-state index is 2.35. The van der Waals surface area contributed by atoms with Crippen LogP contribution in [0.3, 0.4) is 0 Å². The molecule has 0 nitrogen and oxygen atoms in total. The second-order valence-electron chi connectivity index (χ2n) is 4.62.